The molecule has 0 atom stereocenters. The SMILES string of the molecule is c1cnn(C2CN(Cc3nnc4n3CCCC4)C2)c1. The fourth-order valence-electron chi connectivity index (χ4n) is 3.02. The van der Waals surface area contributed by atoms with Gasteiger partial charge in [-0.25, -0.2) is 0 Å². The van der Waals surface area contributed by atoms with Crippen molar-refractivity contribution >= 4 is 0 Å². The minimum atomic E-state index is 0.527. The molecule has 0 aliphatic carbocycles. The smallest absolute Gasteiger partial charge is 0.147 e. The molecule has 0 spiro atoms. The summed E-state index contributed by atoms with van der Waals surface area (Å²) in [5.74, 6) is 2.30. The van der Waals surface area contributed by atoms with Crippen LogP contribution in [0.15, 0.2) is 18.5 Å². The third kappa shape index (κ3) is 1.96. The van der Waals surface area contributed by atoms with Crippen molar-refractivity contribution in [3.05, 3.63) is 30.1 Å². The van der Waals surface area contributed by atoms with Gasteiger partial charge >= 0.3 is 0 Å². The second-order valence-corrected chi connectivity index (χ2v) is 5.48. The highest BCUT2D eigenvalue weighted by Crippen LogP contribution is 2.23. The molecule has 0 saturated carbocycles. The van der Waals surface area contributed by atoms with E-state index in [1.807, 2.05) is 18.5 Å². The molecule has 2 aliphatic rings. The summed E-state index contributed by atoms with van der Waals surface area (Å²) in [6.45, 7) is 4.13. The lowest BCUT2D eigenvalue weighted by molar-refractivity contribution is 0.0865. The molecule has 100 valence electrons. The van der Waals surface area contributed by atoms with Crippen molar-refractivity contribution in [1.29, 1.82) is 0 Å². The second-order valence-electron chi connectivity index (χ2n) is 5.48. The quantitative estimate of drug-likeness (QED) is 0.819. The Hall–Kier alpha value is -1.69. The molecule has 4 rings (SSSR count). The van der Waals surface area contributed by atoms with E-state index in [1.54, 1.807) is 0 Å². The van der Waals surface area contributed by atoms with Gasteiger partial charge in [0.15, 0.2) is 0 Å². The van der Waals surface area contributed by atoms with Crippen LogP contribution in [0, 0.1) is 0 Å². The predicted octanol–water partition coefficient (Wildman–Crippen LogP) is 0.868. The Bertz CT molecular complexity index is 552. The maximum Gasteiger partial charge on any atom is 0.147 e. The maximum absolute atomic E-state index is 4.36. The van der Waals surface area contributed by atoms with Gasteiger partial charge in [0.1, 0.15) is 11.6 Å². The lowest BCUT2D eigenvalue weighted by Gasteiger charge is -2.38. The Morgan fingerprint density at radius 1 is 1.21 bits per heavy atom. The van der Waals surface area contributed by atoms with Gasteiger partial charge < -0.3 is 4.57 Å². The zero-order valence-corrected chi connectivity index (χ0v) is 10.9. The number of hydrogen-bond donors (Lipinski definition) is 0. The maximum atomic E-state index is 4.36. The van der Waals surface area contributed by atoms with E-state index in [4.69, 9.17) is 0 Å². The fourth-order valence-corrected chi connectivity index (χ4v) is 3.02. The van der Waals surface area contributed by atoms with Crippen molar-refractivity contribution < 1.29 is 0 Å². The van der Waals surface area contributed by atoms with Crippen molar-refractivity contribution in [1.82, 2.24) is 29.4 Å². The zero-order chi connectivity index (χ0) is 12.7. The van der Waals surface area contributed by atoms with E-state index >= 15 is 0 Å². The van der Waals surface area contributed by atoms with Gasteiger partial charge in [-0.1, -0.05) is 0 Å². The predicted molar refractivity (Wildman–Crippen MR) is 69.5 cm³/mol. The molecule has 2 aliphatic heterocycles. The molecular formula is C13H18N6. The molecular weight excluding hydrogens is 240 g/mol. The molecule has 2 aromatic rings. The van der Waals surface area contributed by atoms with Gasteiger partial charge in [0.25, 0.3) is 0 Å². The van der Waals surface area contributed by atoms with Crippen molar-refractivity contribution in [2.24, 2.45) is 0 Å². The van der Waals surface area contributed by atoms with Crippen LogP contribution in [0.4, 0.5) is 0 Å². The van der Waals surface area contributed by atoms with Crippen molar-refractivity contribution in [3.8, 4) is 0 Å². The van der Waals surface area contributed by atoms with Crippen molar-refractivity contribution in [3.63, 3.8) is 0 Å². The first kappa shape index (κ1) is 11.2. The van der Waals surface area contributed by atoms with E-state index in [9.17, 15) is 0 Å². The molecule has 6 heteroatoms. The largest absolute Gasteiger partial charge is 0.314 e. The molecule has 0 radical (unpaired) electrons. The van der Waals surface area contributed by atoms with E-state index in [1.165, 1.54) is 18.7 Å². The summed E-state index contributed by atoms with van der Waals surface area (Å²) >= 11 is 0. The van der Waals surface area contributed by atoms with Crippen LogP contribution >= 0.6 is 0 Å². The van der Waals surface area contributed by atoms with Gasteiger partial charge in [-0.3, -0.25) is 9.58 Å². The number of likely N-dealkylation sites (tertiary alicyclic amines) is 1. The van der Waals surface area contributed by atoms with Crippen molar-refractivity contribution in [2.75, 3.05) is 13.1 Å². The second kappa shape index (κ2) is 4.45. The molecule has 1 fully saturated rings. The molecule has 2 aromatic heterocycles. The number of aryl methyl sites for hydroxylation is 1. The minimum Gasteiger partial charge on any atom is -0.314 e. The van der Waals surface area contributed by atoms with E-state index < -0.39 is 0 Å². The first-order valence-electron chi connectivity index (χ1n) is 7.02. The van der Waals surface area contributed by atoms with Crippen LogP contribution in [0.25, 0.3) is 0 Å². The van der Waals surface area contributed by atoms with Crippen LogP contribution in [0.2, 0.25) is 0 Å². The standard InChI is InChI=1S/C13H18N6/c1-2-6-18-12(4-1)15-16-13(18)10-17-8-11(9-17)19-7-3-5-14-19/h3,5,7,11H,1-2,4,6,8-10H2. The first-order valence-corrected chi connectivity index (χ1v) is 7.02. The molecule has 4 heterocycles. The summed E-state index contributed by atoms with van der Waals surface area (Å²) in [6.07, 6.45) is 7.48. The summed E-state index contributed by atoms with van der Waals surface area (Å²) in [5, 5.41) is 13.0. The third-order valence-corrected chi connectivity index (χ3v) is 4.14. The fraction of sp³-hybridized carbons (Fsp3) is 0.615. The van der Waals surface area contributed by atoms with E-state index in [2.05, 4.69) is 29.4 Å². The molecule has 0 aromatic carbocycles. The monoisotopic (exact) mass is 258 g/mol. The highest BCUT2D eigenvalue weighted by Gasteiger charge is 2.30. The average molecular weight is 258 g/mol. The van der Waals surface area contributed by atoms with E-state index in [0.29, 0.717) is 6.04 Å². The van der Waals surface area contributed by atoms with Crippen LogP contribution < -0.4 is 0 Å². The summed E-state index contributed by atoms with van der Waals surface area (Å²) in [5.41, 5.74) is 0. The Morgan fingerprint density at radius 3 is 3.00 bits per heavy atom. The Kier molecular flexibility index (Phi) is 2.61. The molecule has 1 saturated heterocycles. The first-order chi connectivity index (χ1) is 9.40. The number of rotatable bonds is 3. The molecule has 6 nitrogen and oxygen atoms in total. The van der Waals surface area contributed by atoms with Gasteiger partial charge in [0.05, 0.1) is 12.6 Å². The summed E-state index contributed by atoms with van der Waals surface area (Å²) in [7, 11) is 0. The van der Waals surface area contributed by atoms with E-state index in [0.717, 1.165) is 38.4 Å². The van der Waals surface area contributed by atoms with Crippen LogP contribution in [0.3, 0.4) is 0 Å². The normalized spacial score (nSPS) is 20.2. The topological polar surface area (TPSA) is 51.8 Å². The van der Waals surface area contributed by atoms with Gasteiger partial charge in [0, 0.05) is 38.4 Å². The lowest BCUT2D eigenvalue weighted by atomic mass is 10.1. The highest BCUT2D eigenvalue weighted by atomic mass is 15.4. The molecule has 0 bridgehead atoms. The minimum absolute atomic E-state index is 0.527. The lowest BCUT2D eigenvalue weighted by Crippen LogP contribution is -2.47. The number of nitrogens with zero attached hydrogens (tertiary/aromatic N) is 6. The Morgan fingerprint density at radius 2 is 2.16 bits per heavy atom. The Labute approximate surface area is 112 Å². The molecule has 0 N–H and O–H groups in total. The average Bonchev–Trinajstić information content (AvgIpc) is 3.03. The number of fused-ring (bicyclic) bond motifs is 1. The molecule has 0 unspecified atom stereocenters. The van der Waals surface area contributed by atoms with Crippen LogP contribution in [-0.4, -0.2) is 42.5 Å². The summed E-state index contributed by atoms with van der Waals surface area (Å²) in [4.78, 5) is 2.41. The van der Waals surface area contributed by atoms with Crippen molar-refractivity contribution in [2.45, 2.75) is 38.4 Å². The summed E-state index contributed by atoms with van der Waals surface area (Å²) in [6, 6.07) is 2.51. The van der Waals surface area contributed by atoms with Gasteiger partial charge in [-0.15, -0.1) is 10.2 Å². The van der Waals surface area contributed by atoms with Crippen LogP contribution in [0.5, 0.6) is 0 Å². The van der Waals surface area contributed by atoms with Crippen LogP contribution in [-0.2, 0) is 19.5 Å². The number of aromatic nitrogens is 5. The van der Waals surface area contributed by atoms with Crippen LogP contribution in [0.1, 0.15) is 30.5 Å². The zero-order valence-electron chi connectivity index (χ0n) is 10.9. The molecule has 0 amide bonds. The van der Waals surface area contributed by atoms with Gasteiger partial charge in [-0.05, 0) is 18.9 Å². The summed E-state index contributed by atoms with van der Waals surface area (Å²) < 4.78 is 4.36. The van der Waals surface area contributed by atoms with Gasteiger partial charge in [-0.2, -0.15) is 5.10 Å². The van der Waals surface area contributed by atoms with Gasteiger partial charge in [0.2, 0.25) is 0 Å². The third-order valence-electron chi connectivity index (χ3n) is 4.14. The molecule has 19 heavy (non-hydrogen) atoms. The Balaban J connectivity index is 1.40. The highest BCUT2D eigenvalue weighted by molar-refractivity contribution is 5.00. The van der Waals surface area contributed by atoms with E-state index in [-0.39, 0.29) is 0 Å². The number of hydrogen-bond acceptors (Lipinski definition) is 4.